The van der Waals surface area contributed by atoms with Gasteiger partial charge in [-0.3, -0.25) is 4.79 Å². The Morgan fingerprint density at radius 1 is 1.36 bits per heavy atom. The molecule has 7 heteroatoms. The third-order valence-corrected chi connectivity index (χ3v) is 4.48. The van der Waals surface area contributed by atoms with Gasteiger partial charge >= 0.3 is 0 Å². The zero-order valence-electron chi connectivity index (χ0n) is 15.0. The first-order valence-electron chi connectivity index (χ1n) is 8.46. The second-order valence-electron chi connectivity index (χ2n) is 7.39. The van der Waals surface area contributed by atoms with Crippen LogP contribution in [0.2, 0.25) is 5.02 Å². The van der Waals surface area contributed by atoms with Gasteiger partial charge in [0.2, 0.25) is 11.8 Å². The van der Waals surface area contributed by atoms with Gasteiger partial charge in [-0.15, -0.1) is 0 Å². The monoisotopic (exact) mass is 362 g/mol. The number of aromatic nitrogens is 2. The summed E-state index contributed by atoms with van der Waals surface area (Å²) in [6.07, 6.45) is 1.46. The smallest absolute Gasteiger partial charge is 0.248 e. The van der Waals surface area contributed by atoms with Crippen LogP contribution < -0.4 is 10.2 Å². The van der Waals surface area contributed by atoms with Gasteiger partial charge in [0.05, 0.1) is 10.7 Å². The Hall–Kier alpha value is -2.08. The van der Waals surface area contributed by atoms with Crippen molar-refractivity contribution in [1.29, 1.82) is 0 Å². The maximum absolute atomic E-state index is 11.9. The van der Waals surface area contributed by atoms with Crippen LogP contribution in [-0.2, 0) is 10.2 Å². The molecule has 0 radical (unpaired) electrons. The molecule has 134 valence electrons. The maximum Gasteiger partial charge on any atom is 0.248 e. The molecule has 1 amide bonds. The summed E-state index contributed by atoms with van der Waals surface area (Å²) in [6.45, 7) is 8.79. The van der Waals surface area contributed by atoms with Crippen LogP contribution >= 0.6 is 11.6 Å². The van der Waals surface area contributed by atoms with Crippen molar-refractivity contribution >= 4 is 28.9 Å². The van der Waals surface area contributed by atoms with E-state index in [1.54, 1.807) is 4.90 Å². The minimum Gasteiger partial charge on any atom is -0.374 e. The quantitative estimate of drug-likeness (QED) is 0.876. The maximum atomic E-state index is 11.9. The number of carbonyl (C=O) groups is 1. The van der Waals surface area contributed by atoms with Crippen molar-refractivity contribution in [2.75, 3.05) is 16.8 Å². The highest BCUT2D eigenvalue weighted by molar-refractivity contribution is 6.34. The molecule has 1 aromatic carbocycles. The molecule has 1 aliphatic heterocycles. The summed E-state index contributed by atoms with van der Waals surface area (Å²) in [5, 5.41) is 7.90. The SMILES string of the molecule is C[C@@H](Nc1ccc(N2CCCC2=O)c(Cl)c1)c1nc(C(C)(C)C)no1. The van der Waals surface area contributed by atoms with Crippen LogP contribution in [0.3, 0.4) is 0 Å². The van der Waals surface area contributed by atoms with E-state index in [2.05, 4.69) is 15.5 Å². The van der Waals surface area contributed by atoms with Crippen LogP contribution in [-0.4, -0.2) is 22.6 Å². The lowest BCUT2D eigenvalue weighted by Crippen LogP contribution is -2.24. The van der Waals surface area contributed by atoms with E-state index >= 15 is 0 Å². The van der Waals surface area contributed by atoms with Crippen molar-refractivity contribution in [3.8, 4) is 0 Å². The molecule has 0 aliphatic carbocycles. The first-order valence-corrected chi connectivity index (χ1v) is 8.84. The van der Waals surface area contributed by atoms with Gasteiger partial charge in [0, 0.05) is 24.1 Å². The Kier molecular flexibility index (Phi) is 4.73. The highest BCUT2D eigenvalue weighted by Gasteiger charge is 2.25. The number of anilines is 2. The highest BCUT2D eigenvalue weighted by atomic mass is 35.5. The molecular formula is C18H23ClN4O2. The number of amides is 1. The third kappa shape index (κ3) is 3.79. The number of nitrogens with zero attached hydrogens (tertiary/aromatic N) is 3. The number of rotatable bonds is 4. The summed E-state index contributed by atoms with van der Waals surface area (Å²) in [7, 11) is 0. The van der Waals surface area contributed by atoms with Crippen molar-refractivity contribution in [3.05, 3.63) is 34.9 Å². The number of hydrogen-bond donors (Lipinski definition) is 1. The van der Waals surface area contributed by atoms with Crippen LogP contribution in [0.5, 0.6) is 0 Å². The van der Waals surface area contributed by atoms with Gasteiger partial charge in [-0.1, -0.05) is 37.5 Å². The van der Waals surface area contributed by atoms with Crippen molar-refractivity contribution in [2.45, 2.75) is 52.0 Å². The van der Waals surface area contributed by atoms with Crippen molar-refractivity contribution in [2.24, 2.45) is 0 Å². The van der Waals surface area contributed by atoms with Gasteiger partial charge in [-0.2, -0.15) is 4.98 Å². The summed E-state index contributed by atoms with van der Waals surface area (Å²) in [4.78, 5) is 18.1. The molecule has 1 atom stereocenters. The van der Waals surface area contributed by atoms with E-state index in [0.717, 1.165) is 24.3 Å². The van der Waals surface area contributed by atoms with E-state index in [1.165, 1.54) is 0 Å². The van der Waals surface area contributed by atoms with Crippen molar-refractivity contribution in [3.63, 3.8) is 0 Å². The van der Waals surface area contributed by atoms with Crippen LogP contribution in [0.25, 0.3) is 0 Å². The molecule has 0 spiro atoms. The van der Waals surface area contributed by atoms with Gasteiger partial charge in [-0.25, -0.2) is 0 Å². The van der Waals surface area contributed by atoms with Crippen molar-refractivity contribution in [1.82, 2.24) is 10.1 Å². The summed E-state index contributed by atoms with van der Waals surface area (Å²) in [6, 6.07) is 5.44. The fourth-order valence-electron chi connectivity index (χ4n) is 2.75. The predicted octanol–water partition coefficient (Wildman–Crippen LogP) is 4.32. The highest BCUT2D eigenvalue weighted by Crippen LogP contribution is 2.32. The molecule has 1 aliphatic rings. The molecule has 0 bridgehead atoms. The van der Waals surface area contributed by atoms with Crippen molar-refractivity contribution < 1.29 is 9.32 Å². The topological polar surface area (TPSA) is 71.3 Å². The lowest BCUT2D eigenvalue weighted by atomic mass is 9.96. The molecule has 2 heterocycles. The second-order valence-corrected chi connectivity index (χ2v) is 7.79. The fraction of sp³-hybridized carbons (Fsp3) is 0.500. The minimum absolute atomic E-state index is 0.122. The second kappa shape index (κ2) is 6.67. The molecule has 0 saturated carbocycles. The minimum atomic E-state index is -0.158. The zero-order chi connectivity index (χ0) is 18.2. The summed E-state index contributed by atoms with van der Waals surface area (Å²) in [5.41, 5.74) is 1.44. The first kappa shape index (κ1) is 17.7. The number of hydrogen-bond acceptors (Lipinski definition) is 5. The molecule has 2 aromatic rings. The normalized spacial score (nSPS) is 16.4. The molecule has 1 saturated heterocycles. The average Bonchev–Trinajstić information content (AvgIpc) is 3.16. The van der Waals surface area contributed by atoms with E-state index in [-0.39, 0.29) is 17.4 Å². The molecular weight excluding hydrogens is 340 g/mol. The van der Waals surface area contributed by atoms with E-state index in [4.69, 9.17) is 16.1 Å². The predicted molar refractivity (Wildman–Crippen MR) is 98.1 cm³/mol. The number of carbonyl (C=O) groups excluding carboxylic acids is 1. The van der Waals surface area contributed by atoms with Gasteiger partial charge in [0.1, 0.15) is 6.04 Å². The lowest BCUT2D eigenvalue weighted by Gasteiger charge is -2.19. The number of nitrogens with one attached hydrogen (secondary N) is 1. The Bertz CT molecular complexity index is 782. The van der Waals surface area contributed by atoms with Crippen LogP contribution in [0.15, 0.2) is 22.7 Å². The Labute approximate surface area is 152 Å². The molecule has 3 rings (SSSR count). The summed E-state index contributed by atoms with van der Waals surface area (Å²) < 4.78 is 5.36. The first-order chi connectivity index (χ1) is 11.8. The molecule has 1 fully saturated rings. The zero-order valence-corrected chi connectivity index (χ0v) is 15.7. The van der Waals surface area contributed by atoms with Gasteiger partial charge in [0.25, 0.3) is 0 Å². The van der Waals surface area contributed by atoms with E-state index in [0.29, 0.717) is 23.2 Å². The van der Waals surface area contributed by atoms with Crippen LogP contribution in [0.1, 0.15) is 58.3 Å². The van der Waals surface area contributed by atoms with Crippen LogP contribution in [0.4, 0.5) is 11.4 Å². The Morgan fingerprint density at radius 2 is 2.12 bits per heavy atom. The Balaban J connectivity index is 1.73. The molecule has 0 unspecified atom stereocenters. The summed E-state index contributed by atoms with van der Waals surface area (Å²) >= 11 is 6.38. The van der Waals surface area contributed by atoms with E-state index in [1.807, 2.05) is 45.9 Å². The fourth-order valence-corrected chi connectivity index (χ4v) is 3.03. The molecule has 1 N–H and O–H groups in total. The third-order valence-electron chi connectivity index (χ3n) is 4.18. The largest absolute Gasteiger partial charge is 0.374 e. The van der Waals surface area contributed by atoms with Gasteiger partial charge in [0.15, 0.2) is 5.82 Å². The van der Waals surface area contributed by atoms with Gasteiger partial charge < -0.3 is 14.7 Å². The van der Waals surface area contributed by atoms with E-state index in [9.17, 15) is 4.79 Å². The van der Waals surface area contributed by atoms with E-state index < -0.39 is 0 Å². The summed E-state index contributed by atoms with van der Waals surface area (Å²) in [5.74, 6) is 1.33. The molecule has 6 nitrogen and oxygen atoms in total. The average molecular weight is 363 g/mol. The Morgan fingerprint density at radius 3 is 2.68 bits per heavy atom. The molecule has 1 aromatic heterocycles. The number of benzene rings is 1. The van der Waals surface area contributed by atoms with Crippen LogP contribution in [0, 0.1) is 0 Å². The lowest BCUT2D eigenvalue weighted by molar-refractivity contribution is -0.117. The standard InChI is InChI=1S/C18H23ClN4O2/c1-11(16-21-17(22-25-16)18(2,3)4)20-12-7-8-14(13(19)10-12)23-9-5-6-15(23)24/h7-8,10-11,20H,5-6,9H2,1-4H3/t11-/m1/s1. The van der Waals surface area contributed by atoms with Gasteiger partial charge in [-0.05, 0) is 31.5 Å². The number of halogens is 1. The molecule has 25 heavy (non-hydrogen) atoms.